The van der Waals surface area contributed by atoms with Gasteiger partial charge in [0, 0.05) is 32.6 Å². The highest BCUT2D eigenvalue weighted by atomic mass is 19.4. The van der Waals surface area contributed by atoms with Crippen molar-refractivity contribution in [1.82, 2.24) is 9.80 Å². The van der Waals surface area contributed by atoms with Gasteiger partial charge in [-0.15, -0.1) is 0 Å². The molecule has 1 atom stereocenters. The average Bonchev–Trinajstić information content (AvgIpc) is 2.59. The molecule has 100 valence electrons. The Morgan fingerprint density at radius 2 is 2.18 bits per heavy atom. The smallest absolute Gasteiger partial charge is 0.382 e. The number of nitrogens with zero attached hydrogens (tertiary/aromatic N) is 2. The molecule has 0 saturated carbocycles. The molecule has 0 spiro atoms. The summed E-state index contributed by atoms with van der Waals surface area (Å²) in [4.78, 5) is 14.3. The van der Waals surface area contributed by atoms with E-state index in [1.807, 2.05) is 0 Å². The summed E-state index contributed by atoms with van der Waals surface area (Å²) in [5.74, 6) is 0.0507. The maximum atomic E-state index is 12.1. The van der Waals surface area contributed by atoms with Crippen LogP contribution in [0.15, 0.2) is 0 Å². The minimum absolute atomic E-state index is 0.0507. The number of likely N-dealkylation sites (tertiary alicyclic amines) is 1. The Morgan fingerprint density at radius 1 is 1.53 bits per heavy atom. The molecule has 1 unspecified atom stereocenters. The van der Waals surface area contributed by atoms with E-state index >= 15 is 0 Å². The zero-order valence-corrected chi connectivity index (χ0v) is 9.70. The van der Waals surface area contributed by atoms with Gasteiger partial charge in [0.1, 0.15) is 0 Å². The fourth-order valence-corrected chi connectivity index (χ4v) is 1.72. The third-order valence-corrected chi connectivity index (χ3v) is 2.79. The van der Waals surface area contributed by atoms with Gasteiger partial charge in [-0.1, -0.05) is 0 Å². The van der Waals surface area contributed by atoms with Gasteiger partial charge < -0.3 is 14.9 Å². The zero-order chi connectivity index (χ0) is 13.1. The fraction of sp³-hybridized carbons (Fsp3) is 0.900. The van der Waals surface area contributed by atoms with Crippen molar-refractivity contribution in [1.29, 1.82) is 0 Å². The molecule has 0 bridgehead atoms. The standard InChI is InChI=1S/C10H17F3N2O2/c1-14(7-8(16)10(11,12)13)5-6-15-4-2-3-9(15)17/h8,16H,2-7H2,1H3. The quantitative estimate of drug-likeness (QED) is 0.775. The van der Waals surface area contributed by atoms with E-state index in [9.17, 15) is 18.0 Å². The Balaban J connectivity index is 2.25. The number of alkyl halides is 3. The molecule has 4 nitrogen and oxygen atoms in total. The van der Waals surface area contributed by atoms with Gasteiger partial charge in [0.05, 0.1) is 0 Å². The molecule has 1 heterocycles. The second-order valence-electron chi connectivity index (χ2n) is 4.30. The number of hydrogen-bond acceptors (Lipinski definition) is 3. The third-order valence-electron chi connectivity index (χ3n) is 2.79. The van der Waals surface area contributed by atoms with Gasteiger partial charge in [0.25, 0.3) is 0 Å². The van der Waals surface area contributed by atoms with E-state index < -0.39 is 18.8 Å². The maximum absolute atomic E-state index is 12.1. The molecule has 0 aliphatic carbocycles. The summed E-state index contributed by atoms with van der Waals surface area (Å²) < 4.78 is 36.2. The molecule has 7 heteroatoms. The number of likely N-dealkylation sites (N-methyl/N-ethyl adjacent to an activating group) is 1. The maximum Gasteiger partial charge on any atom is 0.415 e. The van der Waals surface area contributed by atoms with Crippen LogP contribution in [-0.4, -0.2) is 66.3 Å². The first-order valence-electron chi connectivity index (χ1n) is 5.52. The number of aliphatic hydroxyl groups excluding tert-OH is 1. The first-order chi connectivity index (χ1) is 7.80. The number of carbonyl (C=O) groups is 1. The third kappa shape index (κ3) is 4.51. The molecule has 1 saturated heterocycles. The summed E-state index contributed by atoms with van der Waals surface area (Å²) in [5, 5.41) is 8.85. The fourth-order valence-electron chi connectivity index (χ4n) is 1.72. The predicted molar refractivity (Wildman–Crippen MR) is 55.4 cm³/mol. The Hall–Kier alpha value is -0.820. The topological polar surface area (TPSA) is 43.8 Å². The van der Waals surface area contributed by atoms with Crippen LogP contribution in [0, 0.1) is 0 Å². The van der Waals surface area contributed by atoms with Gasteiger partial charge in [-0.25, -0.2) is 0 Å². The first-order valence-corrected chi connectivity index (χ1v) is 5.52. The van der Waals surface area contributed by atoms with Crippen LogP contribution in [0.3, 0.4) is 0 Å². The number of halogens is 3. The molecular formula is C10H17F3N2O2. The number of amides is 1. The molecule has 1 N–H and O–H groups in total. The van der Waals surface area contributed by atoms with E-state index in [1.54, 1.807) is 4.90 Å². The minimum atomic E-state index is -4.59. The van der Waals surface area contributed by atoms with E-state index in [0.717, 1.165) is 6.42 Å². The van der Waals surface area contributed by atoms with Crippen molar-refractivity contribution in [2.24, 2.45) is 0 Å². The largest absolute Gasteiger partial charge is 0.415 e. The van der Waals surface area contributed by atoms with Crippen LogP contribution in [-0.2, 0) is 4.79 Å². The first kappa shape index (κ1) is 14.2. The van der Waals surface area contributed by atoms with Crippen LogP contribution in [0.25, 0.3) is 0 Å². The summed E-state index contributed by atoms with van der Waals surface area (Å²) in [6, 6.07) is 0. The van der Waals surface area contributed by atoms with Crippen molar-refractivity contribution in [2.75, 3.05) is 33.2 Å². The van der Waals surface area contributed by atoms with Gasteiger partial charge in [-0.2, -0.15) is 13.2 Å². The predicted octanol–water partition coefficient (Wildman–Crippen LogP) is 0.464. The number of rotatable bonds is 5. The minimum Gasteiger partial charge on any atom is -0.382 e. The lowest BCUT2D eigenvalue weighted by molar-refractivity contribution is -0.207. The lowest BCUT2D eigenvalue weighted by Crippen LogP contribution is -2.42. The van der Waals surface area contributed by atoms with Crippen LogP contribution >= 0.6 is 0 Å². The van der Waals surface area contributed by atoms with E-state index in [4.69, 9.17) is 5.11 Å². The molecule has 1 aliphatic heterocycles. The average molecular weight is 254 g/mol. The van der Waals surface area contributed by atoms with Gasteiger partial charge in [-0.3, -0.25) is 4.79 Å². The Labute approximate surface area is 98.0 Å². The molecule has 1 amide bonds. The second-order valence-corrected chi connectivity index (χ2v) is 4.30. The van der Waals surface area contributed by atoms with E-state index in [2.05, 4.69) is 0 Å². The van der Waals surface area contributed by atoms with Crippen molar-refractivity contribution in [3.63, 3.8) is 0 Å². The highest BCUT2D eigenvalue weighted by Crippen LogP contribution is 2.20. The van der Waals surface area contributed by atoms with Crippen molar-refractivity contribution in [3.05, 3.63) is 0 Å². The molecule has 0 aromatic carbocycles. The number of aliphatic hydroxyl groups is 1. The van der Waals surface area contributed by atoms with Crippen molar-refractivity contribution in [3.8, 4) is 0 Å². The molecule has 1 fully saturated rings. The SMILES string of the molecule is CN(CCN1CCCC1=O)CC(O)C(F)(F)F. The summed E-state index contributed by atoms with van der Waals surface area (Å²) >= 11 is 0. The van der Waals surface area contributed by atoms with Gasteiger partial charge in [-0.05, 0) is 13.5 Å². The Kier molecular flexibility index (Phi) is 4.76. The molecule has 0 aromatic heterocycles. The van der Waals surface area contributed by atoms with Crippen molar-refractivity contribution in [2.45, 2.75) is 25.1 Å². The molecule has 1 aliphatic rings. The Morgan fingerprint density at radius 3 is 2.65 bits per heavy atom. The number of hydrogen-bond donors (Lipinski definition) is 1. The van der Waals surface area contributed by atoms with Crippen LogP contribution in [0.4, 0.5) is 13.2 Å². The van der Waals surface area contributed by atoms with E-state index in [0.29, 0.717) is 26.1 Å². The lowest BCUT2D eigenvalue weighted by atomic mass is 10.3. The molecule has 17 heavy (non-hydrogen) atoms. The van der Waals surface area contributed by atoms with Crippen molar-refractivity contribution >= 4 is 5.91 Å². The molecule has 1 rings (SSSR count). The normalized spacial score (nSPS) is 19.2. The molecule has 0 radical (unpaired) electrons. The summed E-state index contributed by atoms with van der Waals surface area (Å²) in [5.41, 5.74) is 0. The lowest BCUT2D eigenvalue weighted by Gasteiger charge is -2.24. The van der Waals surface area contributed by atoms with E-state index in [1.165, 1.54) is 11.9 Å². The molecule has 0 aromatic rings. The summed E-state index contributed by atoms with van der Waals surface area (Å²) in [7, 11) is 1.50. The zero-order valence-electron chi connectivity index (χ0n) is 9.70. The molecular weight excluding hydrogens is 237 g/mol. The van der Waals surface area contributed by atoms with E-state index in [-0.39, 0.29) is 5.91 Å². The van der Waals surface area contributed by atoms with Gasteiger partial charge in [0.15, 0.2) is 6.10 Å². The summed E-state index contributed by atoms with van der Waals surface area (Å²) in [6.07, 6.45) is -5.58. The van der Waals surface area contributed by atoms with Crippen LogP contribution in [0.1, 0.15) is 12.8 Å². The highest BCUT2D eigenvalue weighted by Gasteiger charge is 2.38. The monoisotopic (exact) mass is 254 g/mol. The highest BCUT2D eigenvalue weighted by molar-refractivity contribution is 5.78. The second kappa shape index (κ2) is 5.68. The number of carbonyl (C=O) groups excluding carboxylic acids is 1. The van der Waals surface area contributed by atoms with Crippen LogP contribution in [0.5, 0.6) is 0 Å². The Bertz CT molecular complexity index is 271. The van der Waals surface area contributed by atoms with Crippen LogP contribution in [0.2, 0.25) is 0 Å². The van der Waals surface area contributed by atoms with Crippen LogP contribution < -0.4 is 0 Å². The van der Waals surface area contributed by atoms with Gasteiger partial charge >= 0.3 is 6.18 Å². The summed E-state index contributed by atoms with van der Waals surface area (Å²) in [6.45, 7) is 0.957. The van der Waals surface area contributed by atoms with Gasteiger partial charge in [0.2, 0.25) is 5.91 Å². The van der Waals surface area contributed by atoms with Crippen molar-refractivity contribution < 1.29 is 23.1 Å².